The fourth-order valence-electron chi connectivity index (χ4n) is 1.30. The van der Waals surface area contributed by atoms with Crippen LogP contribution in [-0.2, 0) is 4.79 Å². The molecule has 0 saturated heterocycles. The molecule has 1 aromatic heterocycles. The number of carbonyl (C=O) groups is 1. The van der Waals surface area contributed by atoms with Gasteiger partial charge < -0.3 is 5.32 Å². The van der Waals surface area contributed by atoms with Gasteiger partial charge >= 0.3 is 0 Å². The maximum atomic E-state index is 11.5. The summed E-state index contributed by atoms with van der Waals surface area (Å²) in [5, 5.41) is 2.94. The summed E-state index contributed by atoms with van der Waals surface area (Å²) in [5.41, 5.74) is 4.83. The standard InChI is InChI=1S/C11H17N3O/c1-4-7-12-8-11(15)13-14-9(2)5-6-10(14)3/h4-6,12H,1,7-8H2,2-3H3,(H,13,15). The highest BCUT2D eigenvalue weighted by atomic mass is 16.2. The van der Waals surface area contributed by atoms with Crippen LogP contribution in [0.25, 0.3) is 0 Å². The third-order valence-corrected chi connectivity index (χ3v) is 2.08. The molecule has 1 amide bonds. The fourth-order valence-corrected chi connectivity index (χ4v) is 1.30. The zero-order valence-corrected chi connectivity index (χ0v) is 9.21. The van der Waals surface area contributed by atoms with E-state index < -0.39 is 0 Å². The monoisotopic (exact) mass is 207 g/mol. The Morgan fingerprint density at radius 3 is 2.60 bits per heavy atom. The Bertz CT molecular complexity index is 335. The lowest BCUT2D eigenvalue weighted by atomic mass is 10.5. The first-order chi connectivity index (χ1) is 7.15. The van der Waals surface area contributed by atoms with Crippen LogP contribution in [-0.4, -0.2) is 23.7 Å². The molecule has 4 heteroatoms. The number of nitrogens with one attached hydrogen (secondary N) is 2. The van der Waals surface area contributed by atoms with Gasteiger partial charge in [-0.2, -0.15) is 0 Å². The van der Waals surface area contributed by atoms with E-state index in [9.17, 15) is 4.79 Å². The number of hydrogen-bond acceptors (Lipinski definition) is 2. The molecule has 0 fully saturated rings. The predicted octanol–water partition coefficient (Wildman–Crippen LogP) is 0.951. The van der Waals surface area contributed by atoms with Crippen LogP contribution < -0.4 is 10.7 Å². The topological polar surface area (TPSA) is 46.1 Å². The molecular weight excluding hydrogens is 190 g/mol. The van der Waals surface area contributed by atoms with Gasteiger partial charge in [-0.25, -0.2) is 0 Å². The van der Waals surface area contributed by atoms with Crippen LogP contribution in [0.5, 0.6) is 0 Å². The smallest absolute Gasteiger partial charge is 0.252 e. The number of aromatic nitrogens is 1. The Morgan fingerprint density at radius 2 is 2.07 bits per heavy atom. The van der Waals surface area contributed by atoms with Crippen LogP contribution in [0.3, 0.4) is 0 Å². The van der Waals surface area contributed by atoms with Gasteiger partial charge in [0.15, 0.2) is 0 Å². The second-order valence-electron chi connectivity index (χ2n) is 3.41. The summed E-state index contributed by atoms with van der Waals surface area (Å²) >= 11 is 0. The number of carbonyl (C=O) groups excluding carboxylic acids is 1. The van der Waals surface area contributed by atoms with E-state index in [4.69, 9.17) is 0 Å². The molecule has 0 aromatic carbocycles. The summed E-state index contributed by atoms with van der Waals surface area (Å²) in [6.07, 6.45) is 1.72. The van der Waals surface area contributed by atoms with Gasteiger partial charge in [0.2, 0.25) is 0 Å². The van der Waals surface area contributed by atoms with Crippen LogP contribution in [0.15, 0.2) is 24.8 Å². The lowest BCUT2D eigenvalue weighted by molar-refractivity contribution is -0.116. The molecule has 0 aliphatic carbocycles. The highest BCUT2D eigenvalue weighted by Crippen LogP contribution is 2.03. The van der Waals surface area contributed by atoms with Gasteiger partial charge in [-0.15, -0.1) is 6.58 Å². The Labute approximate surface area is 89.9 Å². The van der Waals surface area contributed by atoms with Crippen molar-refractivity contribution >= 4 is 5.91 Å². The van der Waals surface area contributed by atoms with Crippen molar-refractivity contribution in [2.24, 2.45) is 0 Å². The molecule has 1 aromatic rings. The van der Waals surface area contributed by atoms with Crippen LogP contribution in [0.4, 0.5) is 0 Å². The second kappa shape index (κ2) is 5.36. The molecule has 0 atom stereocenters. The van der Waals surface area contributed by atoms with Crippen LogP contribution in [0.1, 0.15) is 11.4 Å². The maximum absolute atomic E-state index is 11.5. The molecular formula is C11H17N3O. The van der Waals surface area contributed by atoms with Crippen LogP contribution in [0.2, 0.25) is 0 Å². The number of aryl methyl sites for hydroxylation is 2. The number of hydrogen-bond donors (Lipinski definition) is 2. The zero-order chi connectivity index (χ0) is 11.3. The summed E-state index contributed by atoms with van der Waals surface area (Å²) in [7, 11) is 0. The Balaban J connectivity index is 2.47. The van der Waals surface area contributed by atoms with E-state index in [0.717, 1.165) is 11.4 Å². The Kier molecular flexibility index (Phi) is 4.12. The summed E-state index contributed by atoms with van der Waals surface area (Å²) in [6, 6.07) is 3.93. The lowest BCUT2D eigenvalue weighted by Crippen LogP contribution is -2.33. The van der Waals surface area contributed by atoms with Crippen molar-refractivity contribution in [2.75, 3.05) is 18.5 Å². The van der Waals surface area contributed by atoms with Crippen LogP contribution >= 0.6 is 0 Å². The van der Waals surface area contributed by atoms with E-state index in [-0.39, 0.29) is 5.91 Å². The van der Waals surface area contributed by atoms with Crippen molar-refractivity contribution in [2.45, 2.75) is 13.8 Å². The SMILES string of the molecule is C=CCNCC(=O)Nn1c(C)ccc1C. The summed E-state index contributed by atoms with van der Waals surface area (Å²) in [4.78, 5) is 11.5. The molecule has 0 spiro atoms. The third-order valence-electron chi connectivity index (χ3n) is 2.08. The molecule has 82 valence electrons. The molecule has 1 rings (SSSR count). The van der Waals surface area contributed by atoms with E-state index >= 15 is 0 Å². The lowest BCUT2D eigenvalue weighted by Gasteiger charge is -2.11. The van der Waals surface area contributed by atoms with Crippen molar-refractivity contribution < 1.29 is 4.79 Å². The first-order valence-corrected chi connectivity index (χ1v) is 4.91. The normalized spacial score (nSPS) is 10.0. The largest absolute Gasteiger partial charge is 0.305 e. The summed E-state index contributed by atoms with van der Waals surface area (Å²) < 4.78 is 1.78. The molecule has 1 heterocycles. The molecule has 0 aliphatic rings. The molecule has 0 saturated carbocycles. The zero-order valence-electron chi connectivity index (χ0n) is 9.21. The first kappa shape index (κ1) is 11.5. The highest BCUT2D eigenvalue weighted by molar-refractivity contribution is 5.85. The third kappa shape index (κ3) is 3.25. The van der Waals surface area contributed by atoms with Gasteiger partial charge in [-0.3, -0.25) is 14.9 Å². The minimum atomic E-state index is -0.0563. The number of rotatable bonds is 5. The van der Waals surface area contributed by atoms with Crippen molar-refractivity contribution in [3.63, 3.8) is 0 Å². The average Bonchev–Trinajstić information content (AvgIpc) is 2.50. The first-order valence-electron chi connectivity index (χ1n) is 4.91. The number of amides is 1. The molecule has 0 aliphatic heterocycles. The van der Waals surface area contributed by atoms with Crippen molar-refractivity contribution in [1.29, 1.82) is 0 Å². The van der Waals surface area contributed by atoms with E-state index in [2.05, 4.69) is 17.3 Å². The van der Waals surface area contributed by atoms with Gasteiger partial charge in [0.1, 0.15) is 0 Å². The molecule has 0 unspecified atom stereocenters. The van der Waals surface area contributed by atoms with Crippen molar-refractivity contribution in [3.8, 4) is 0 Å². The molecule has 15 heavy (non-hydrogen) atoms. The van der Waals surface area contributed by atoms with Gasteiger partial charge in [0.05, 0.1) is 6.54 Å². The molecule has 2 N–H and O–H groups in total. The van der Waals surface area contributed by atoms with E-state index in [0.29, 0.717) is 13.1 Å². The molecule has 0 radical (unpaired) electrons. The predicted molar refractivity (Wildman–Crippen MR) is 61.3 cm³/mol. The fraction of sp³-hybridized carbons (Fsp3) is 0.364. The molecule has 4 nitrogen and oxygen atoms in total. The second-order valence-corrected chi connectivity index (χ2v) is 3.41. The quantitative estimate of drug-likeness (QED) is 0.558. The minimum Gasteiger partial charge on any atom is -0.305 e. The van der Waals surface area contributed by atoms with Crippen molar-refractivity contribution in [3.05, 3.63) is 36.2 Å². The van der Waals surface area contributed by atoms with Gasteiger partial charge in [0, 0.05) is 17.9 Å². The highest BCUT2D eigenvalue weighted by Gasteiger charge is 2.04. The minimum absolute atomic E-state index is 0.0563. The number of nitrogens with zero attached hydrogens (tertiary/aromatic N) is 1. The van der Waals surface area contributed by atoms with Crippen LogP contribution in [0, 0.1) is 13.8 Å². The average molecular weight is 207 g/mol. The van der Waals surface area contributed by atoms with Gasteiger partial charge in [0.25, 0.3) is 5.91 Å². The van der Waals surface area contributed by atoms with Gasteiger partial charge in [-0.05, 0) is 26.0 Å². The van der Waals surface area contributed by atoms with E-state index in [1.54, 1.807) is 10.8 Å². The Hall–Kier alpha value is -1.55. The summed E-state index contributed by atoms with van der Waals surface area (Å²) in [5.74, 6) is -0.0563. The maximum Gasteiger partial charge on any atom is 0.252 e. The van der Waals surface area contributed by atoms with E-state index in [1.807, 2.05) is 26.0 Å². The summed E-state index contributed by atoms with van der Waals surface area (Å²) in [6.45, 7) is 8.39. The Morgan fingerprint density at radius 1 is 1.47 bits per heavy atom. The van der Waals surface area contributed by atoms with Gasteiger partial charge in [-0.1, -0.05) is 6.08 Å². The molecule has 0 bridgehead atoms. The van der Waals surface area contributed by atoms with Crippen molar-refractivity contribution in [1.82, 2.24) is 9.99 Å². The van der Waals surface area contributed by atoms with E-state index in [1.165, 1.54) is 0 Å².